The minimum Gasteiger partial charge on any atom is -0.340 e. The van der Waals surface area contributed by atoms with E-state index in [0.29, 0.717) is 37.0 Å². The van der Waals surface area contributed by atoms with Gasteiger partial charge in [-0.2, -0.15) is 4.31 Å². The molecular weight excluding hydrogens is 362 g/mol. The molecular formula is C20H31N3O3S. The van der Waals surface area contributed by atoms with Gasteiger partial charge in [0, 0.05) is 32.7 Å². The van der Waals surface area contributed by atoms with E-state index >= 15 is 0 Å². The lowest BCUT2D eigenvalue weighted by Gasteiger charge is -2.36. The summed E-state index contributed by atoms with van der Waals surface area (Å²) in [6.07, 6.45) is 2.98. The SMILES string of the molecule is CCC(C)c1ccc(S(=O)(=O)N2CCN(C(=O)C3CCCNC3)CC2)cc1. The standard InChI is InChI=1S/C20H31N3O3S/c1-3-16(2)17-6-8-19(9-7-17)27(25,26)23-13-11-22(12-14-23)20(24)18-5-4-10-21-15-18/h6-9,16,18,21H,3-5,10-15H2,1-2H3. The van der Waals surface area contributed by atoms with E-state index in [4.69, 9.17) is 0 Å². The second-order valence-corrected chi connectivity index (χ2v) is 9.59. The lowest BCUT2D eigenvalue weighted by Crippen LogP contribution is -2.53. The second-order valence-electron chi connectivity index (χ2n) is 7.65. The van der Waals surface area contributed by atoms with E-state index < -0.39 is 10.0 Å². The minimum absolute atomic E-state index is 0.0370. The lowest BCUT2D eigenvalue weighted by atomic mass is 9.98. The molecule has 2 atom stereocenters. The Bertz CT molecular complexity index is 734. The number of rotatable bonds is 5. The van der Waals surface area contributed by atoms with E-state index in [1.165, 1.54) is 4.31 Å². The van der Waals surface area contributed by atoms with Gasteiger partial charge >= 0.3 is 0 Å². The molecule has 7 heteroatoms. The van der Waals surface area contributed by atoms with Crippen LogP contribution in [-0.2, 0) is 14.8 Å². The van der Waals surface area contributed by atoms with Crippen molar-refractivity contribution in [2.24, 2.45) is 5.92 Å². The van der Waals surface area contributed by atoms with Gasteiger partial charge in [-0.3, -0.25) is 4.79 Å². The van der Waals surface area contributed by atoms with Crippen LogP contribution < -0.4 is 5.32 Å². The van der Waals surface area contributed by atoms with E-state index in [1.807, 2.05) is 17.0 Å². The van der Waals surface area contributed by atoms with Gasteiger partial charge in [-0.1, -0.05) is 26.0 Å². The van der Waals surface area contributed by atoms with E-state index in [2.05, 4.69) is 19.2 Å². The number of carbonyl (C=O) groups is 1. The number of sulfonamides is 1. The third-order valence-corrected chi connectivity index (χ3v) is 7.81. The molecule has 0 saturated carbocycles. The largest absolute Gasteiger partial charge is 0.340 e. The molecule has 0 radical (unpaired) electrons. The fourth-order valence-electron chi connectivity index (χ4n) is 3.82. The Labute approximate surface area is 163 Å². The third-order valence-electron chi connectivity index (χ3n) is 5.90. The van der Waals surface area contributed by atoms with Crippen LogP contribution in [0.3, 0.4) is 0 Å². The van der Waals surface area contributed by atoms with E-state index in [-0.39, 0.29) is 11.8 Å². The molecule has 1 aromatic rings. The van der Waals surface area contributed by atoms with Crippen LogP contribution in [0, 0.1) is 5.92 Å². The van der Waals surface area contributed by atoms with Crippen molar-refractivity contribution < 1.29 is 13.2 Å². The molecule has 0 spiro atoms. The normalized spacial score (nSPS) is 23.2. The van der Waals surface area contributed by atoms with Crippen LogP contribution in [0.5, 0.6) is 0 Å². The Morgan fingerprint density at radius 1 is 1.19 bits per heavy atom. The van der Waals surface area contributed by atoms with Gasteiger partial charge in [-0.25, -0.2) is 8.42 Å². The summed E-state index contributed by atoms with van der Waals surface area (Å²) in [4.78, 5) is 14.8. The quantitative estimate of drug-likeness (QED) is 0.831. The fraction of sp³-hybridized carbons (Fsp3) is 0.650. The highest BCUT2D eigenvalue weighted by Gasteiger charge is 2.32. The average molecular weight is 394 g/mol. The number of hydrogen-bond donors (Lipinski definition) is 1. The first-order valence-electron chi connectivity index (χ1n) is 10.0. The Hall–Kier alpha value is -1.44. The van der Waals surface area contributed by atoms with Crippen LogP contribution in [0.1, 0.15) is 44.6 Å². The zero-order chi connectivity index (χ0) is 19.4. The number of piperazine rings is 1. The first-order valence-corrected chi connectivity index (χ1v) is 11.5. The number of benzene rings is 1. The summed E-state index contributed by atoms with van der Waals surface area (Å²) in [6, 6.07) is 7.25. The summed E-state index contributed by atoms with van der Waals surface area (Å²) < 4.78 is 27.4. The van der Waals surface area contributed by atoms with Crippen LogP contribution in [-0.4, -0.2) is 62.8 Å². The Morgan fingerprint density at radius 3 is 2.41 bits per heavy atom. The number of amides is 1. The number of piperidine rings is 1. The van der Waals surface area contributed by atoms with Crippen LogP contribution in [0.15, 0.2) is 29.2 Å². The highest BCUT2D eigenvalue weighted by molar-refractivity contribution is 7.89. The van der Waals surface area contributed by atoms with Crippen LogP contribution in [0.2, 0.25) is 0 Å². The van der Waals surface area contributed by atoms with Crippen LogP contribution in [0.4, 0.5) is 0 Å². The molecule has 3 rings (SSSR count). The molecule has 150 valence electrons. The highest BCUT2D eigenvalue weighted by atomic mass is 32.2. The van der Waals surface area contributed by atoms with E-state index in [9.17, 15) is 13.2 Å². The zero-order valence-corrected chi connectivity index (χ0v) is 17.2. The van der Waals surface area contributed by atoms with Crippen molar-refractivity contribution in [2.45, 2.75) is 43.9 Å². The second kappa shape index (κ2) is 8.71. The number of nitrogens with one attached hydrogen (secondary N) is 1. The molecule has 27 heavy (non-hydrogen) atoms. The van der Waals surface area contributed by atoms with E-state index in [1.54, 1.807) is 12.1 Å². The van der Waals surface area contributed by atoms with Crippen molar-refractivity contribution in [1.29, 1.82) is 0 Å². The summed E-state index contributed by atoms with van der Waals surface area (Å²) in [5.41, 5.74) is 1.16. The molecule has 2 saturated heterocycles. The molecule has 0 bridgehead atoms. The van der Waals surface area contributed by atoms with Gasteiger partial charge in [0.15, 0.2) is 0 Å². The average Bonchev–Trinajstić information content (AvgIpc) is 2.73. The minimum atomic E-state index is -3.50. The summed E-state index contributed by atoms with van der Waals surface area (Å²) in [5.74, 6) is 0.623. The molecule has 6 nitrogen and oxygen atoms in total. The molecule has 1 amide bonds. The van der Waals surface area contributed by atoms with E-state index in [0.717, 1.165) is 37.9 Å². The Kier molecular flexibility index (Phi) is 6.55. The monoisotopic (exact) mass is 393 g/mol. The van der Waals surface area contributed by atoms with Crippen molar-refractivity contribution >= 4 is 15.9 Å². The summed E-state index contributed by atoms with van der Waals surface area (Å²) in [7, 11) is -3.50. The summed E-state index contributed by atoms with van der Waals surface area (Å²) in [5, 5.41) is 3.27. The van der Waals surface area contributed by atoms with Gasteiger partial charge in [0.05, 0.1) is 10.8 Å². The zero-order valence-electron chi connectivity index (χ0n) is 16.4. The van der Waals surface area contributed by atoms with Crippen LogP contribution >= 0.6 is 0 Å². The highest BCUT2D eigenvalue weighted by Crippen LogP contribution is 2.23. The maximum absolute atomic E-state index is 12.9. The smallest absolute Gasteiger partial charge is 0.243 e. The lowest BCUT2D eigenvalue weighted by molar-refractivity contribution is -0.137. The summed E-state index contributed by atoms with van der Waals surface area (Å²) in [6.45, 7) is 7.65. The molecule has 1 N–H and O–H groups in total. The van der Waals surface area contributed by atoms with Crippen LogP contribution in [0.25, 0.3) is 0 Å². The van der Waals surface area contributed by atoms with Crippen molar-refractivity contribution in [1.82, 2.24) is 14.5 Å². The molecule has 1 aromatic carbocycles. The molecule has 0 aromatic heterocycles. The number of carbonyl (C=O) groups excluding carboxylic acids is 1. The van der Waals surface area contributed by atoms with Gasteiger partial charge in [-0.05, 0) is 49.4 Å². The van der Waals surface area contributed by atoms with Crippen molar-refractivity contribution in [3.8, 4) is 0 Å². The van der Waals surface area contributed by atoms with Gasteiger partial charge in [-0.15, -0.1) is 0 Å². The molecule has 2 fully saturated rings. The van der Waals surface area contributed by atoms with Gasteiger partial charge < -0.3 is 10.2 Å². The van der Waals surface area contributed by atoms with Gasteiger partial charge in [0.2, 0.25) is 15.9 Å². The Morgan fingerprint density at radius 2 is 1.85 bits per heavy atom. The first kappa shape index (κ1) is 20.3. The summed E-state index contributed by atoms with van der Waals surface area (Å²) >= 11 is 0. The first-order chi connectivity index (χ1) is 12.9. The predicted octanol–water partition coefficient (Wildman–Crippen LogP) is 2.03. The van der Waals surface area contributed by atoms with Crippen molar-refractivity contribution in [3.63, 3.8) is 0 Å². The fourth-order valence-corrected chi connectivity index (χ4v) is 5.24. The molecule has 2 aliphatic heterocycles. The van der Waals surface area contributed by atoms with Gasteiger partial charge in [0.25, 0.3) is 0 Å². The molecule has 2 unspecified atom stereocenters. The third kappa shape index (κ3) is 4.52. The predicted molar refractivity (Wildman–Crippen MR) is 106 cm³/mol. The maximum atomic E-state index is 12.9. The van der Waals surface area contributed by atoms with Crippen molar-refractivity contribution in [3.05, 3.63) is 29.8 Å². The van der Waals surface area contributed by atoms with Gasteiger partial charge in [0.1, 0.15) is 0 Å². The number of nitrogens with zero attached hydrogens (tertiary/aromatic N) is 2. The number of hydrogen-bond acceptors (Lipinski definition) is 4. The van der Waals surface area contributed by atoms with Crippen molar-refractivity contribution in [2.75, 3.05) is 39.3 Å². The molecule has 2 aliphatic rings. The maximum Gasteiger partial charge on any atom is 0.243 e. The topological polar surface area (TPSA) is 69.7 Å². The molecule has 2 heterocycles. The Balaban J connectivity index is 1.61. The molecule has 0 aliphatic carbocycles.